The number of hydrazine groups is 1. The van der Waals surface area contributed by atoms with Gasteiger partial charge >= 0.3 is 5.91 Å². The summed E-state index contributed by atoms with van der Waals surface area (Å²) in [6.07, 6.45) is -0.00677. The fraction of sp³-hybridized carbons (Fsp3) is 0.174. The topological polar surface area (TPSA) is 110 Å². The third kappa shape index (κ3) is 6.74. The normalized spacial score (nSPS) is 11.3. The highest BCUT2D eigenvalue weighted by atomic mass is 16.5. The molecule has 160 valence electrons. The van der Waals surface area contributed by atoms with Crippen LogP contribution < -0.4 is 20.9 Å². The minimum atomic E-state index is -0.597. The van der Waals surface area contributed by atoms with E-state index in [0.29, 0.717) is 17.1 Å². The van der Waals surface area contributed by atoms with Gasteiger partial charge in [0.1, 0.15) is 18.1 Å². The summed E-state index contributed by atoms with van der Waals surface area (Å²) in [7, 11) is 0. The van der Waals surface area contributed by atoms with Crippen LogP contribution in [0.1, 0.15) is 40.0 Å². The molecule has 0 spiro atoms. The molecule has 1 atom stereocenters. The van der Waals surface area contributed by atoms with Gasteiger partial charge in [-0.2, -0.15) is 0 Å². The Bertz CT molecular complexity index is 1020. The van der Waals surface area contributed by atoms with Gasteiger partial charge in [-0.05, 0) is 43.3 Å². The number of ether oxygens (including phenoxy) is 1. The molecule has 0 bridgehead atoms. The molecule has 0 aliphatic heterocycles. The summed E-state index contributed by atoms with van der Waals surface area (Å²) in [5.41, 5.74) is 5.11. The molecule has 0 fully saturated rings. The second-order valence-electron chi connectivity index (χ2n) is 6.81. The predicted molar refractivity (Wildman–Crippen MR) is 113 cm³/mol. The van der Waals surface area contributed by atoms with Crippen molar-refractivity contribution in [2.75, 3.05) is 0 Å². The van der Waals surface area contributed by atoms with Crippen LogP contribution in [0.15, 0.2) is 77.2 Å². The standard InChI is InChI=1S/C23H23N3O5/c1-16(24-22(28)17-8-4-2-5-9-17)14-21(27)25-26-23(29)20-13-12-19(31-20)15-30-18-10-6-3-7-11-18/h2-13,16H,14-15H2,1H3,(H,24,28)(H,25,27)(H,26,29). The summed E-state index contributed by atoms with van der Waals surface area (Å²) < 4.78 is 11.0. The summed E-state index contributed by atoms with van der Waals surface area (Å²) in [4.78, 5) is 36.3. The zero-order chi connectivity index (χ0) is 22.1. The fourth-order valence-corrected chi connectivity index (χ4v) is 2.71. The van der Waals surface area contributed by atoms with E-state index in [9.17, 15) is 14.4 Å². The number of carbonyl (C=O) groups is 3. The molecule has 1 aromatic heterocycles. The number of furan rings is 1. The summed E-state index contributed by atoms with van der Waals surface area (Å²) in [6, 6.07) is 20.6. The number of hydrogen-bond acceptors (Lipinski definition) is 5. The summed E-state index contributed by atoms with van der Waals surface area (Å²) in [5.74, 6) is -0.125. The molecule has 3 rings (SSSR count). The molecule has 3 aromatic rings. The zero-order valence-electron chi connectivity index (χ0n) is 17.0. The molecule has 3 N–H and O–H groups in total. The highest BCUT2D eigenvalue weighted by molar-refractivity contribution is 5.95. The maximum atomic E-state index is 12.2. The van der Waals surface area contributed by atoms with Crippen molar-refractivity contribution < 1.29 is 23.5 Å². The molecule has 1 heterocycles. The van der Waals surface area contributed by atoms with Crippen LogP contribution >= 0.6 is 0 Å². The summed E-state index contributed by atoms with van der Waals surface area (Å²) >= 11 is 0. The van der Waals surface area contributed by atoms with Crippen LogP contribution in [0.25, 0.3) is 0 Å². The van der Waals surface area contributed by atoms with Crippen molar-refractivity contribution in [1.82, 2.24) is 16.2 Å². The van der Waals surface area contributed by atoms with Gasteiger partial charge < -0.3 is 14.5 Å². The first-order chi connectivity index (χ1) is 15.0. The molecule has 0 aliphatic rings. The number of benzene rings is 2. The Labute approximate surface area is 179 Å². The third-order valence-corrected chi connectivity index (χ3v) is 4.23. The smallest absolute Gasteiger partial charge is 0.305 e. The SMILES string of the molecule is CC(CC(=O)NNC(=O)c1ccc(COc2ccccc2)o1)NC(=O)c1ccccc1. The number of carbonyl (C=O) groups excluding carboxylic acids is 3. The van der Waals surface area contributed by atoms with Gasteiger partial charge in [0.15, 0.2) is 5.76 Å². The van der Waals surface area contributed by atoms with Gasteiger partial charge in [-0.25, -0.2) is 0 Å². The molecule has 0 saturated heterocycles. The van der Waals surface area contributed by atoms with Crippen LogP contribution in [0.5, 0.6) is 5.75 Å². The average Bonchev–Trinajstić information content (AvgIpc) is 3.26. The lowest BCUT2D eigenvalue weighted by Crippen LogP contribution is -2.44. The maximum absolute atomic E-state index is 12.2. The Kier molecular flexibility index (Phi) is 7.42. The van der Waals surface area contributed by atoms with E-state index in [1.54, 1.807) is 37.3 Å². The number of nitrogens with one attached hydrogen (secondary N) is 3. The lowest BCUT2D eigenvalue weighted by atomic mass is 10.2. The number of amides is 3. The Morgan fingerprint density at radius 2 is 1.55 bits per heavy atom. The van der Waals surface area contributed by atoms with Crippen molar-refractivity contribution in [3.05, 3.63) is 89.9 Å². The van der Waals surface area contributed by atoms with E-state index in [1.807, 2.05) is 36.4 Å². The monoisotopic (exact) mass is 421 g/mol. The summed E-state index contributed by atoms with van der Waals surface area (Å²) in [6.45, 7) is 1.87. The highest BCUT2D eigenvalue weighted by Gasteiger charge is 2.16. The van der Waals surface area contributed by atoms with Crippen molar-refractivity contribution in [3.8, 4) is 5.75 Å². The molecule has 3 amide bonds. The van der Waals surface area contributed by atoms with Gasteiger partial charge in [-0.3, -0.25) is 25.2 Å². The molecule has 31 heavy (non-hydrogen) atoms. The van der Waals surface area contributed by atoms with E-state index in [1.165, 1.54) is 6.07 Å². The van der Waals surface area contributed by atoms with Crippen molar-refractivity contribution >= 4 is 17.7 Å². The Morgan fingerprint density at radius 3 is 2.26 bits per heavy atom. The van der Waals surface area contributed by atoms with Gasteiger partial charge in [-0.15, -0.1) is 0 Å². The Balaban J connectivity index is 1.40. The molecule has 0 saturated carbocycles. The van der Waals surface area contributed by atoms with Gasteiger partial charge in [0, 0.05) is 18.0 Å². The molecule has 8 heteroatoms. The van der Waals surface area contributed by atoms with E-state index in [-0.39, 0.29) is 24.7 Å². The predicted octanol–water partition coefficient (Wildman–Crippen LogP) is 2.83. The molecule has 1 unspecified atom stereocenters. The van der Waals surface area contributed by atoms with Crippen molar-refractivity contribution in [2.24, 2.45) is 0 Å². The first-order valence-electron chi connectivity index (χ1n) is 9.73. The number of rotatable bonds is 8. The van der Waals surface area contributed by atoms with E-state index in [4.69, 9.17) is 9.15 Å². The lowest BCUT2D eigenvalue weighted by molar-refractivity contribution is -0.122. The first-order valence-corrected chi connectivity index (χ1v) is 9.73. The van der Waals surface area contributed by atoms with Crippen LogP contribution in [0.3, 0.4) is 0 Å². The maximum Gasteiger partial charge on any atom is 0.305 e. The fourth-order valence-electron chi connectivity index (χ4n) is 2.71. The molecule has 0 aliphatic carbocycles. The Hall–Kier alpha value is -4.07. The highest BCUT2D eigenvalue weighted by Crippen LogP contribution is 2.13. The van der Waals surface area contributed by atoms with Gasteiger partial charge in [0.25, 0.3) is 5.91 Å². The number of para-hydroxylation sites is 1. The lowest BCUT2D eigenvalue weighted by Gasteiger charge is -2.14. The van der Waals surface area contributed by atoms with E-state index in [0.717, 1.165) is 0 Å². The molecule has 2 aromatic carbocycles. The van der Waals surface area contributed by atoms with Crippen LogP contribution in [-0.2, 0) is 11.4 Å². The quantitative estimate of drug-likeness (QED) is 0.485. The molecular formula is C23H23N3O5. The molecule has 0 radical (unpaired) electrons. The van der Waals surface area contributed by atoms with Crippen molar-refractivity contribution in [1.29, 1.82) is 0 Å². The van der Waals surface area contributed by atoms with Crippen LogP contribution in [-0.4, -0.2) is 23.8 Å². The third-order valence-electron chi connectivity index (χ3n) is 4.23. The van der Waals surface area contributed by atoms with Crippen molar-refractivity contribution in [3.63, 3.8) is 0 Å². The van der Waals surface area contributed by atoms with Crippen LogP contribution in [0.4, 0.5) is 0 Å². The second-order valence-corrected chi connectivity index (χ2v) is 6.81. The van der Waals surface area contributed by atoms with Crippen LogP contribution in [0.2, 0.25) is 0 Å². The van der Waals surface area contributed by atoms with Gasteiger partial charge in [-0.1, -0.05) is 36.4 Å². The van der Waals surface area contributed by atoms with E-state index in [2.05, 4.69) is 16.2 Å². The zero-order valence-corrected chi connectivity index (χ0v) is 17.0. The van der Waals surface area contributed by atoms with E-state index < -0.39 is 17.9 Å². The van der Waals surface area contributed by atoms with Gasteiger partial charge in [0.2, 0.25) is 5.91 Å². The average molecular weight is 421 g/mol. The van der Waals surface area contributed by atoms with Crippen molar-refractivity contribution in [2.45, 2.75) is 26.0 Å². The minimum absolute atomic E-state index is 0.00677. The second kappa shape index (κ2) is 10.6. The van der Waals surface area contributed by atoms with Crippen LogP contribution in [0, 0.1) is 0 Å². The van der Waals surface area contributed by atoms with E-state index >= 15 is 0 Å². The summed E-state index contributed by atoms with van der Waals surface area (Å²) in [5, 5.41) is 2.73. The largest absolute Gasteiger partial charge is 0.486 e. The first kappa shape index (κ1) is 21.6. The van der Waals surface area contributed by atoms with Gasteiger partial charge in [0.05, 0.1) is 0 Å². The Morgan fingerprint density at radius 1 is 0.871 bits per heavy atom. The molecular weight excluding hydrogens is 398 g/mol. The minimum Gasteiger partial charge on any atom is -0.486 e. The number of hydrogen-bond donors (Lipinski definition) is 3. The molecule has 8 nitrogen and oxygen atoms in total.